The van der Waals surface area contributed by atoms with Crippen LogP contribution in [-0.4, -0.2) is 10.8 Å². The van der Waals surface area contributed by atoms with E-state index >= 15 is 0 Å². The van der Waals surface area contributed by atoms with Crippen molar-refractivity contribution in [3.8, 4) is 6.07 Å². The van der Waals surface area contributed by atoms with Gasteiger partial charge < -0.3 is 0 Å². The Morgan fingerprint density at radius 2 is 2.10 bits per heavy atom. The minimum Gasteiger partial charge on any atom is -0.291 e. The van der Waals surface area contributed by atoms with Gasteiger partial charge >= 0.3 is 0 Å². The Bertz CT molecular complexity index is 769. The minimum atomic E-state index is -0.795. The molecule has 0 spiro atoms. The fraction of sp³-hybridized carbons (Fsp3) is 0.0625. The number of thiophene rings is 1. The van der Waals surface area contributed by atoms with Crippen LogP contribution in [0.1, 0.15) is 21.2 Å². The predicted octanol–water partition coefficient (Wildman–Crippen LogP) is 3.79. The maximum atomic E-state index is 12.5. The van der Waals surface area contributed by atoms with Gasteiger partial charge in [0.1, 0.15) is 5.92 Å². The van der Waals surface area contributed by atoms with Gasteiger partial charge in [-0.2, -0.15) is 5.26 Å². The number of carbonyl (C=O) groups is 1. The Morgan fingerprint density at radius 1 is 1.25 bits per heavy atom. The summed E-state index contributed by atoms with van der Waals surface area (Å²) < 4.78 is 1.05. The largest absolute Gasteiger partial charge is 0.291 e. The van der Waals surface area contributed by atoms with E-state index in [4.69, 9.17) is 0 Å². The highest BCUT2D eigenvalue weighted by Crippen LogP contribution is 2.29. The Balaban J connectivity index is 2.01. The molecule has 0 aliphatic heterocycles. The van der Waals surface area contributed by atoms with Gasteiger partial charge in [0.15, 0.2) is 5.78 Å². The molecular formula is C16H10N2OS. The lowest BCUT2D eigenvalue weighted by molar-refractivity contribution is 0.0982. The predicted molar refractivity (Wildman–Crippen MR) is 78.7 cm³/mol. The number of Topliss-reactive ketones (excluding diaryl/α,β-unsaturated/α-hetero) is 1. The van der Waals surface area contributed by atoms with Crippen molar-refractivity contribution in [1.29, 1.82) is 5.26 Å². The van der Waals surface area contributed by atoms with E-state index in [0.717, 1.165) is 10.1 Å². The Kier molecular flexibility index (Phi) is 3.28. The van der Waals surface area contributed by atoms with Crippen molar-refractivity contribution in [2.24, 2.45) is 0 Å². The highest BCUT2D eigenvalue weighted by molar-refractivity contribution is 7.20. The van der Waals surface area contributed by atoms with Crippen LogP contribution in [0.5, 0.6) is 0 Å². The molecule has 1 aromatic carbocycles. The molecule has 20 heavy (non-hydrogen) atoms. The molecule has 2 aromatic heterocycles. The number of benzene rings is 1. The number of hydrogen-bond acceptors (Lipinski definition) is 4. The summed E-state index contributed by atoms with van der Waals surface area (Å²) in [6.07, 6.45) is 3.20. The van der Waals surface area contributed by atoms with Crippen molar-refractivity contribution in [1.82, 2.24) is 4.98 Å². The van der Waals surface area contributed by atoms with Crippen molar-refractivity contribution in [2.45, 2.75) is 5.92 Å². The van der Waals surface area contributed by atoms with Crippen LogP contribution in [0.25, 0.3) is 10.1 Å². The summed E-state index contributed by atoms with van der Waals surface area (Å²) in [7, 11) is 0. The second-order valence-electron chi connectivity index (χ2n) is 4.36. The van der Waals surface area contributed by atoms with E-state index in [1.54, 1.807) is 24.5 Å². The first-order valence-corrected chi connectivity index (χ1v) is 6.93. The number of rotatable bonds is 3. The van der Waals surface area contributed by atoms with Crippen LogP contribution in [-0.2, 0) is 0 Å². The van der Waals surface area contributed by atoms with Gasteiger partial charge in [0.2, 0.25) is 0 Å². The lowest BCUT2D eigenvalue weighted by Gasteiger charge is -2.05. The zero-order chi connectivity index (χ0) is 13.9. The average molecular weight is 278 g/mol. The summed E-state index contributed by atoms with van der Waals surface area (Å²) in [5.41, 5.74) is 0.637. The fourth-order valence-corrected chi connectivity index (χ4v) is 3.11. The molecule has 3 rings (SSSR count). The van der Waals surface area contributed by atoms with Gasteiger partial charge in [0.05, 0.1) is 10.9 Å². The standard InChI is InChI=1S/C16H10N2OS/c17-9-13(12-5-3-7-18-10-12)16(19)15-8-11-4-1-2-6-14(11)20-15/h1-8,10,13H. The molecule has 1 unspecified atom stereocenters. The second-order valence-corrected chi connectivity index (χ2v) is 5.44. The Morgan fingerprint density at radius 3 is 2.80 bits per heavy atom. The molecule has 0 saturated heterocycles. The molecule has 3 aromatic rings. The van der Waals surface area contributed by atoms with Gasteiger partial charge in [-0.3, -0.25) is 9.78 Å². The van der Waals surface area contributed by atoms with Gasteiger partial charge in [0.25, 0.3) is 0 Å². The number of nitrogens with zero attached hydrogens (tertiary/aromatic N) is 2. The smallest absolute Gasteiger partial charge is 0.194 e. The number of aromatic nitrogens is 1. The van der Waals surface area contributed by atoms with Crippen LogP contribution in [0.3, 0.4) is 0 Å². The molecule has 0 amide bonds. The van der Waals surface area contributed by atoms with Crippen LogP contribution >= 0.6 is 11.3 Å². The van der Waals surface area contributed by atoms with E-state index in [9.17, 15) is 10.1 Å². The number of hydrogen-bond donors (Lipinski definition) is 0. The number of fused-ring (bicyclic) bond motifs is 1. The third kappa shape index (κ3) is 2.20. The average Bonchev–Trinajstić information content (AvgIpc) is 2.93. The van der Waals surface area contributed by atoms with E-state index in [1.165, 1.54) is 11.3 Å². The SMILES string of the molecule is N#CC(C(=O)c1cc2ccccc2s1)c1cccnc1. The normalized spacial score (nSPS) is 11.9. The third-order valence-electron chi connectivity index (χ3n) is 3.08. The van der Waals surface area contributed by atoms with Crippen molar-refractivity contribution in [3.63, 3.8) is 0 Å². The lowest BCUT2D eigenvalue weighted by Crippen LogP contribution is -2.09. The zero-order valence-corrected chi connectivity index (χ0v) is 11.3. The summed E-state index contributed by atoms with van der Waals surface area (Å²) >= 11 is 1.42. The molecule has 2 heterocycles. The van der Waals surface area contributed by atoms with Crippen LogP contribution in [0.15, 0.2) is 54.9 Å². The molecule has 0 fully saturated rings. The summed E-state index contributed by atoms with van der Waals surface area (Å²) in [5.74, 6) is -0.960. The van der Waals surface area contributed by atoms with Crippen molar-refractivity contribution >= 4 is 27.2 Å². The Labute approximate surface area is 120 Å². The van der Waals surface area contributed by atoms with Gasteiger partial charge in [-0.05, 0) is 29.1 Å². The van der Waals surface area contributed by atoms with Crippen molar-refractivity contribution in [3.05, 3.63) is 65.3 Å². The van der Waals surface area contributed by atoms with E-state index < -0.39 is 5.92 Å². The van der Waals surface area contributed by atoms with Crippen molar-refractivity contribution < 1.29 is 4.79 Å². The molecule has 4 heteroatoms. The van der Waals surface area contributed by atoms with Crippen molar-refractivity contribution in [2.75, 3.05) is 0 Å². The van der Waals surface area contributed by atoms with E-state index in [0.29, 0.717) is 10.4 Å². The molecule has 96 valence electrons. The topological polar surface area (TPSA) is 53.8 Å². The summed E-state index contributed by atoms with van der Waals surface area (Å²) in [6, 6.07) is 15.2. The molecule has 0 aliphatic carbocycles. The summed E-state index contributed by atoms with van der Waals surface area (Å²) in [5, 5.41) is 10.3. The maximum absolute atomic E-state index is 12.5. The first-order chi connectivity index (χ1) is 9.79. The van der Waals surface area contributed by atoms with Gasteiger partial charge in [-0.15, -0.1) is 11.3 Å². The van der Waals surface area contributed by atoms with Crippen LogP contribution in [0.4, 0.5) is 0 Å². The van der Waals surface area contributed by atoms with E-state index in [1.807, 2.05) is 30.3 Å². The summed E-state index contributed by atoms with van der Waals surface area (Å²) in [4.78, 5) is 17.1. The van der Waals surface area contributed by atoms with Crippen LogP contribution in [0.2, 0.25) is 0 Å². The first kappa shape index (κ1) is 12.5. The molecule has 0 aliphatic rings. The summed E-state index contributed by atoms with van der Waals surface area (Å²) in [6.45, 7) is 0. The number of carbonyl (C=O) groups excluding carboxylic acids is 1. The highest BCUT2D eigenvalue weighted by Gasteiger charge is 2.23. The third-order valence-corrected chi connectivity index (χ3v) is 4.21. The minimum absolute atomic E-state index is 0.165. The van der Waals surface area contributed by atoms with Gasteiger partial charge in [-0.1, -0.05) is 24.3 Å². The van der Waals surface area contributed by atoms with E-state index in [2.05, 4.69) is 11.1 Å². The zero-order valence-electron chi connectivity index (χ0n) is 10.5. The molecule has 0 bridgehead atoms. The molecule has 0 radical (unpaired) electrons. The quantitative estimate of drug-likeness (QED) is 0.685. The molecular weight excluding hydrogens is 268 g/mol. The molecule has 0 N–H and O–H groups in total. The second kappa shape index (κ2) is 5.24. The number of pyridine rings is 1. The maximum Gasteiger partial charge on any atom is 0.194 e. The van der Waals surface area contributed by atoms with Gasteiger partial charge in [0, 0.05) is 17.1 Å². The lowest BCUT2D eigenvalue weighted by atomic mass is 9.97. The number of ketones is 1. The van der Waals surface area contributed by atoms with Crippen LogP contribution < -0.4 is 0 Å². The molecule has 3 nitrogen and oxygen atoms in total. The van der Waals surface area contributed by atoms with E-state index in [-0.39, 0.29) is 5.78 Å². The first-order valence-electron chi connectivity index (χ1n) is 6.12. The molecule has 1 atom stereocenters. The fourth-order valence-electron chi connectivity index (χ4n) is 2.08. The Hall–Kier alpha value is -2.51. The highest BCUT2D eigenvalue weighted by atomic mass is 32.1. The molecule has 0 saturated carbocycles. The van der Waals surface area contributed by atoms with Crippen LogP contribution in [0, 0.1) is 11.3 Å². The monoisotopic (exact) mass is 278 g/mol. The van der Waals surface area contributed by atoms with Gasteiger partial charge in [-0.25, -0.2) is 0 Å². The number of nitriles is 1.